The molecule has 3 aromatic rings. The molecule has 0 amide bonds. The fourth-order valence-electron chi connectivity index (χ4n) is 8.00. The lowest BCUT2D eigenvalue weighted by atomic mass is 9.47. The van der Waals surface area contributed by atoms with E-state index in [1.54, 1.807) is 0 Å². The van der Waals surface area contributed by atoms with Crippen LogP contribution >= 0.6 is 0 Å². The van der Waals surface area contributed by atoms with Crippen molar-refractivity contribution in [1.82, 2.24) is 0 Å². The van der Waals surface area contributed by atoms with Gasteiger partial charge in [-0.3, -0.25) is 4.55 Å². The van der Waals surface area contributed by atoms with Crippen LogP contribution in [-0.4, -0.2) is 53.7 Å². The highest BCUT2D eigenvalue weighted by atomic mass is 32.2. The Morgan fingerprint density at radius 2 is 1.65 bits per heavy atom. The van der Waals surface area contributed by atoms with Crippen LogP contribution in [0.1, 0.15) is 49.1 Å². The number of hydrogen-bond acceptors (Lipinski definition) is 6. The number of esters is 1. The maximum absolute atomic E-state index is 13.5. The van der Waals surface area contributed by atoms with Gasteiger partial charge in [0.15, 0.2) is 14.7 Å². The number of benzene rings is 3. The Hall–Kier alpha value is -3.09. The SMILES string of the molecule is C=C(COCC(F)(F)S(=O)(=O)O)C(=O)OC12CC3CC(C1)C(c1cc(C)ccc1[S+](c1ccccc1)c1ccccc1)C(O)(C3)C2. The Bertz CT molecular complexity index is 1690. The lowest BCUT2D eigenvalue weighted by Gasteiger charge is -2.62. The molecule has 46 heavy (non-hydrogen) atoms. The minimum Gasteiger partial charge on any atom is -0.456 e. The van der Waals surface area contributed by atoms with Crippen LogP contribution in [-0.2, 0) is 35.3 Å². The third-order valence-electron chi connectivity index (χ3n) is 9.45. The maximum atomic E-state index is 13.5. The van der Waals surface area contributed by atoms with Gasteiger partial charge in [-0.05, 0) is 74.8 Å². The topological polar surface area (TPSA) is 110 Å². The van der Waals surface area contributed by atoms with Crippen molar-refractivity contribution in [1.29, 1.82) is 0 Å². The van der Waals surface area contributed by atoms with Crippen molar-refractivity contribution in [2.75, 3.05) is 13.2 Å². The van der Waals surface area contributed by atoms with E-state index < -0.39 is 56.7 Å². The van der Waals surface area contributed by atoms with Crippen LogP contribution in [0.25, 0.3) is 0 Å². The first-order valence-corrected chi connectivity index (χ1v) is 17.9. The zero-order chi connectivity index (χ0) is 32.9. The van der Waals surface area contributed by atoms with Gasteiger partial charge in [0.2, 0.25) is 0 Å². The highest BCUT2D eigenvalue weighted by Gasteiger charge is 2.65. The van der Waals surface area contributed by atoms with Crippen molar-refractivity contribution >= 4 is 27.0 Å². The summed E-state index contributed by atoms with van der Waals surface area (Å²) >= 11 is 0. The number of aliphatic hydroxyl groups is 1. The Morgan fingerprint density at radius 3 is 2.24 bits per heavy atom. The van der Waals surface area contributed by atoms with Gasteiger partial charge < -0.3 is 14.6 Å². The van der Waals surface area contributed by atoms with Crippen LogP contribution in [0.5, 0.6) is 0 Å². The van der Waals surface area contributed by atoms with E-state index in [9.17, 15) is 27.1 Å². The van der Waals surface area contributed by atoms with Gasteiger partial charge in [-0.15, -0.1) is 0 Å². The molecular formula is C35H37F2O7S2+. The molecule has 4 saturated carbocycles. The first-order valence-electron chi connectivity index (χ1n) is 15.2. The summed E-state index contributed by atoms with van der Waals surface area (Å²) in [6.45, 7) is 3.31. The van der Waals surface area contributed by atoms with Crippen molar-refractivity contribution in [2.24, 2.45) is 11.8 Å². The second-order valence-electron chi connectivity index (χ2n) is 13.0. The van der Waals surface area contributed by atoms with Crippen LogP contribution in [0.4, 0.5) is 8.78 Å². The fourth-order valence-corrected chi connectivity index (χ4v) is 10.5. The Balaban J connectivity index is 1.27. The number of carbonyl (C=O) groups excluding carboxylic acids is 1. The molecule has 4 fully saturated rings. The van der Waals surface area contributed by atoms with Crippen LogP contribution in [0.2, 0.25) is 0 Å². The summed E-state index contributed by atoms with van der Waals surface area (Å²) < 4.78 is 68.2. The maximum Gasteiger partial charge on any atom is 0.392 e. The zero-order valence-electron chi connectivity index (χ0n) is 25.4. The van der Waals surface area contributed by atoms with Crippen molar-refractivity contribution in [3.63, 3.8) is 0 Å². The summed E-state index contributed by atoms with van der Waals surface area (Å²) in [5.74, 6) is -0.838. The molecule has 7 nitrogen and oxygen atoms in total. The molecule has 0 radical (unpaired) electrons. The molecule has 0 spiro atoms. The summed E-state index contributed by atoms with van der Waals surface area (Å²) in [6.07, 6.45) is 2.82. The molecule has 0 heterocycles. The van der Waals surface area contributed by atoms with Crippen LogP contribution < -0.4 is 0 Å². The summed E-state index contributed by atoms with van der Waals surface area (Å²) in [5, 5.41) is 7.96. The van der Waals surface area contributed by atoms with E-state index >= 15 is 0 Å². The third kappa shape index (κ3) is 6.27. The molecule has 4 aliphatic carbocycles. The molecular weight excluding hydrogens is 635 g/mol. The van der Waals surface area contributed by atoms with E-state index in [1.165, 1.54) is 9.79 Å². The number of carbonyl (C=O) groups is 1. The second-order valence-corrected chi connectivity index (χ2v) is 16.5. The number of rotatable bonds is 11. The summed E-state index contributed by atoms with van der Waals surface area (Å²) in [7, 11) is -6.10. The number of hydrogen-bond donors (Lipinski definition) is 2. The Kier molecular flexibility index (Phi) is 8.69. The first kappa shape index (κ1) is 32.8. The van der Waals surface area contributed by atoms with E-state index in [0.29, 0.717) is 19.3 Å². The van der Waals surface area contributed by atoms with Gasteiger partial charge in [0, 0.05) is 17.9 Å². The van der Waals surface area contributed by atoms with E-state index in [2.05, 4.69) is 56.0 Å². The number of halogens is 2. The van der Waals surface area contributed by atoms with Gasteiger partial charge in [0.25, 0.3) is 0 Å². The average molecular weight is 672 g/mol. The van der Waals surface area contributed by atoms with Gasteiger partial charge in [0.1, 0.15) is 12.2 Å². The summed E-state index contributed by atoms with van der Waals surface area (Å²) in [5.41, 5.74) is -0.134. The van der Waals surface area contributed by atoms with Gasteiger partial charge in [-0.25, -0.2) is 4.79 Å². The highest BCUT2D eigenvalue weighted by Crippen LogP contribution is 2.65. The Morgan fingerprint density at radius 1 is 1.02 bits per heavy atom. The van der Waals surface area contributed by atoms with E-state index in [1.807, 2.05) is 36.4 Å². The largest absolute Gasteiger partial charge is 0.456 e. The zero-order valence-corrected chi connectivity index (χ0v) is 27.0. The summed E-state index contributed by atoms with van der Waals surface area (Å²) in [6, 6.07) is 27.2. The predicted octanol–water partition coefficient (Wildman–Crippen LogP) is 6.46. The second kappa shape index (κ2) is 12.2. The standard InChI is InChI=1S/C35H36F2O7S2/c1-23-13-14-30(45(27-9-5-3-6-10-27)28-11-7-4-8-12-28)29(15-23)31-26-16-25-17-33(19-26,21-34(31,39)18-25)44-32(38)24(2)20-43-22-35(36,37)46(40,41)42/h3-15,25-26,31,39H,2,16-22H2,1H3/p+1. The van der Waals surface area contributed by atoms with Crippen molar-refractivity contribution in [3.8, 4) is 0 Å². The first-order chi connectivity index (χ1) is 21.7. The molecule has 0 aromatic heterocycles. The molecule has 4 bridgehead atoms. The molecule has 7 rings (SSSR count). The smallest absolute Gasteiger partial charge is 0.392 e. The van der Waals surface area contributed by atoms with E-state index in [-0.39, 0.29) is 29.7 Å². The molecule has 4 aliphatic rings. The average Bonchev–Trinajstić information content (AvgIpc) is 2.97. The minimum atomic E-state index is -5.67. The van der Waals surface area contributed by atoms with Crippen molar-refractivity contribution < 1.29 is 41.1 Å². The third-order valence-corrected chi connectivity index (χ3v) is 12.6. The molecule has 244 valence electrons. The minimum absolute atomic E-state index is 0.0366. The predicted molar refractivity (Wildman–Crippen MR) is 169 cm³/mol. The highest BCUT2D eigenvalue weighted by molar-refractivity contribution is 7.97. The molecule has 3 aromatic carbocycles. The van der Waals surface area contributed by atoms with Gasteiger partial charge in [-0.2, -0.15) is 17.2 Å². The fraction of sp³-hybridized carbons (Fsp3) is 0.400. The number of aryl methyl sites for hydroxylation is 1. The molecule has 0 aliphatic heterocycles. The number of alkyl halides is 2. The van der Waals surface area contributed by atoms with Crippen LogP contribution in [0.3, 0.4) is 0 Å². The monoisotopic (exact) mass is 671 g/mol. The molecule has 0 saturated heterocycles. The number of ether oxygens (including phenoxy) is 2. The van der Waals surface area contributed by atoms with Crippen LogP contribution in [0.15, 0.2) is 106 Å². The lowest BCUT2D eigenvalue weighted by Crippen LogP contribution is -2.64. The van der Waals surface area contributed by atoms with Crippen LogP contribution in [0, 0.1) is 18.8 Å². The quantitative estimate of drug-likeness (QED) is 0.104. The van der Waals surface area contributed by atoms with Crippen molar-refractivity contribution in [3.05, 3.63) is 102 Å². The molecule has 2 N–H and O–H groups in total. The van der Waals surface area contributed by atoms with Gasteiger partial charge >= 0.3 is 21.3 Å². The van der Waals surface area contributed by atoms with E-state index in [4.69, 9.17) is 14.0 Å². The molecule has 5 atom stereocenters. The van der Waals surface area contributed by atoms with Gasteiger partial charge in [-0.1, -0.05) is 60.7 Å². The molecule has 11 heteroatoms. The normalized spacial score (nSPS) is 27.1. The molecule has 5 unspecified atom stereocenters. The van der Waals surface area contributed by atoms with E-state index in [0.717, 1.165) is 22.4 Å². The van der Waals surface area contributed by atoms with Crippen molar-refractivity contribution in [2.45, 2.75) is 76.1 Å². The Labute approximate surface area is 270 Å². The van der Waals surface area contributed by atoms with Gasteiger partial charge in [0.05, 0.1) is 28.7 Å². The lowest BCUT2D eigenvalue weighted by molar-refractivity contribution is -0.227. The summed E-state index contributed by atoms with van der Waals surface area (Å²) in [4.78, 5) is 16.6.